The number of rotatable bonds is 5. The molecule has 3 aliphatic heterocycles. The van der Waals surface area contributed by atoms with E-state index in [-0.39, 0.29) is 17.5 Å². The lowest BCUT2D eigenvalue weighted by Crippen LogP contribution is -2.61. The SMILES string of the molecule is CCC(C)(C)N1C(=O)[C@H]2[C@@H](C(=O)Nc3ccccc3F)[C@H]3C=C[C@@]2(O3)[C@H]1C(=O)NC(C)(C)C. The van der Waals surface area contributed by atoms with Crippen molar-refractivity contribution >= 4 is 23.4 Å². The monoisotopic (exact) mass is 457 g/mol. The smallest absolute Gasteiger partial charge is 0.246 e. The maximum absolute atomic E-state index is 14.2. The van der Waals surface area contributed by atoms with Crippen LogP contribution < -0.4 is 10.6 Å². The largest absolute Gasteiger partial charge is 0.359 e. The van der Waals surface area contributed by atoms with Crippen LogP contribution in [0.25, 0.3) is 0 Å². The van der Waals surface area contributed by atoms with Gasteiger partial charge in [0.1, 0.15) is 17.5 Å². The molecule has 2 bridgehead atoms. The number of nitrogens with one attached hydrogen (secondary N) is 2. The standard InChI is InChI=1S/C25H32FN3O4/c1-7-24(5,6)29-19(21(31)28-23(2,3)4)25-13-12-16(33-25)17(18(25)22(29)32)20(30)27-15-11-9-8-10-14(15)26/h8-13,16-19H,7H2,1-6H3,(H,27,30)(H,28,31)/t16-,17+,18-,19-,25+/m1/s1. The van der Waals surface area contributed by atoms with Gasteiger partial charge in [-0.1, -0.05) is 31.2 Å². The van der Waals surface area contributed by atoms with Crippen LogP contribution >= 0.6 is 0 Å². The van der Waals surface area contributed by atoms with E-state index in [1.807, 2.05) is 41.5 Å². The quantitative estimate of drug-likeness (QED) is 0.666. The van der Waals surface area contributed by atoms with Crippen molar-refractivity contribution in [3.05, 3.63) is 42.2 Å². The van der Waals surface area contributed by atoms with Crippen molar-refractivity contribution in [1.29, 1.82) is 0 Å². The third-order valence-electron chi connectivity index (χ3n) is 6.97. The predicted octanol–water partition coefficient (Wildman–Crippen LogP) is 3.02. The third-order valence-corrected chi connectivity index (χ3v) is 6.97. The van der Waals surface area contributed by atoms with Gasteiger partial charge in [-0.2, -0.15) is 0 Å². The predicted molar refractivity (Wildman–Crippen MR) is 122 cm³/mol. The molecule has 178 valence electrons. The van der Waals surface area contributed by atoms with Crippen LogP contribution in [0.4, 0.5) is 10.1 Å². The molecular formula is C25H32FN3O4. The van der Waals surface area contributed by atoms with Gasteiger partial charge in [-0.25, -0.2) is 4.39 Å². The number of benzene rings is 1. The topological polar surface area (TPSA) is 87.7 Å². The minimum absolute atomic E-state index is 0.0431. The van der Waals surface area contributed by atoms with Gasteiger partial charge in [-0.15, -0.1) is 0 Å². The van der Waals surface area contributed by atoms with E-state index in [1.165, 1.54) is 18.2 Å². The number of carbonyl (C=O) groups is 3. The molecule has 33 heavy (non-hydrogen) atoms. The number of nitrogens with zero attached hydrogens (tertiary/aromatic N) is 1. The van der Waals surface area contributed by atoms with Crippen molar-refractivity contribution in [3.8, 4) is 0 Å². The van der Waals surface area contributed by atoms with Gasteiger partial charge in [0.05, 0.1) is 23.6 Å². The van der Waals surface area contributed by atoms with Crippen molar-refractivity contribution < 1.29 is 23.5 Å². The van der Waals surface area contributed by atoms with Gasteiger partial charge in [-0.05, 0) is 53.2 Å². The zero-order valence-corrected chi connectivity index (χ0v) is 19.9. The van der Waals surface area contributed by atoms with E-state index in [9.17, 15) is 18.8 Å². The van der Waals surface area contributed by atoms with E-state index < -0.39 is 52.4 Å². The summed E-state index contributed by atoms with van der Waals surface area (Å²) in [6.45, 7) is 11.4. The molecule has 0 aliphatic carbocycles. The summed E-state index contributed by atoms with van der Waals surface area (Å²) in [4.78, 5) is 42.3. The lowest BCUT2D eigenvalue weighted by molar-refractivity contribution is -0.147. The molecule has 3 heterocycles. The summed E-state index contributed by atoms with van der Waals surface area (Å²) in [5.41, 5.74) is -2.36. The summed E-state index contributed by atoms with van der Waals surface area (Å²) < 4.78 is 20.5. The number of fused-ring (bicyclic) bond motifs is 1. The van der Waals surface area contributed by atoms with Gasteiger partial charge in [0.15, 0.2) is 0 Å². The van der Waals surface area contributed by atoms with E-state index in [0.29, 0.717) is 6.42 Å². The summed E-state index contributed by atoms with van der Waals surface area (Å²) in [6, 6.07) is 4.96. The highest BCUT2D eigenvalue weighted by Crippen LogP contribution is 2.56. The molecule has 0 saturated carbocycles. The number of likely N-dealkylation sites (tertiary alicyclic amines) is 1. The maximum atomic E-state index is 14.2. The molecule has 0 unspecified atom stereocenters. The van der Waals surface area contributed by atoms with Crippen LogP contribution in [-0.4, -0.2) is 51.4 Å². The first-order valence-corrected chi connectivity index (χ1v) is 11.4. The molecule has 0 radical (unpaired) electrons. The van der Waals surface area contributed by atoms with Crippen LogP contribution in [0.1, 0.15) is 48.0 Å². The van der Waals surface area contributed by atoms with E-state index in [1.54, 1.807) is 23.1 Å². The zero-order chi connectivity index (χ0) is 24.3. The van der Waals surface area contributed by atoms with Crippen LogP contribution in [0.15, 0.2) is 36.4 Å². The maximum Gasteiger partial charge on any atom is 0.246 e. The molecule has 1 aromatic rings. The highest BCUT2D eigenvalue weighted by Gasteiger charge is 2.74. The molecule has 2 N–H and O–H groups in total. The molecule has 1 spiro atoms. The number of amides is 3. The van der Waals surface area contributed by atoms with Crippen molar-refractivity contribution in [2.75, 3.05) is 5.32 Å². The summed E-state index contributed by atoms with van der Waals surface area (Å²) in [5, 5.41) is 5.61. The van der Waals surface area contributed by atoms with E-state index in [2.05, 4.69) is 10.6 Å². The molecule has 0 aromatic heterocycles. The number of halogens is 1. The summed E-state index contributed by atoms with van der Waals surface area (Å²) in [7, 11) is 0. The fourth-order valence-electron chi connectivity index (χ4n) is 5.21. The normalized spacial score (nSPS) is 30.5. The van der Waals surface area contributed by atoms with Gasteiger partial charge < -0.3 is 20.3 Å². The summed E-state index contributed by atoms with van der Waals surface area (Å²) >= 11 is 0. The summed E-state index contributed by atoms with van der Waals surface area (Å²) in [6.07, 6.45) is 3.46. The Morgan fingerprint density at radius 3 is 2.42 bits per heavy atom. The average molecular weight is 458 g/mol. The molecule has 7 nitrogen and oxygen atoms in total. The lowest BCUT2D eigenvalue weighted by Gasteiger charge is -2.42. The minimum Gasteiger partial charge on any atom is -0.359 e. The van der Waals surface area contributed by atoms with Crippen molar-refractivity contribution in [2.45, 2.75) is 76.8 Å². The van der Waals surface area contributed by atoms with Crippen molar-refractivity contribution in [1.82, 2.24) is 10.2 Å². The molecule has 8 heteroatoms. The molecule has 1 aromatic carbocycles. The highest BCUT2D eigenvalue weighted by molar-refractivity contribution is 6.03. The first-order valence-electron chi connectivity index (χ1n) is 11.4. The van der Waals surface area contributed by atoms with Crippen LogP contribution in [0.5, 0.6) is 0 Å². The Bertz CT molecular complexity index is 1030. The number of hydrogen-bond acceptors (Lipinski definition) is 4. The Kier molecular flexibility index (Phi) is 5.43. The Balaban J connectivity index is 1.74. The molecule has 5 atom stereocenters. The fraction of sp³-hybridized carbons (Fsp3) is 0.560. The third kappa shape index (κ3) is 3.64. The second-order valence-electron chi connectivity index (χ2n) is 10.8. The molecular weight excluding hydrogens is 425 g/mol. The second kappa shape index (κ2) is 7.65. The second-order valence-corrected chi connectivity index (χ2v) is 10.8. The molecule has 2 fully saturated rings. The van der Waals surface area contributed by atoms with Gasteiger partial charge in [-0.3, -0.25) is 14.4 Å². The van der Waals surface area contributed by atoms with Crippen molar-refractivity contribution in [3.63, 3.8) is 0 Å². The number of para-hydroxylation sites is 1. The first-order chi connectivity index (χ1) is 15.3. The number of carbonyl (C=O) groups excluding carboxylic acids is 3. The average Bonchev–Trinajstić information content (AvgIpc) is 3.36. The zero-order valence-electron chi connectivity index (χ0n) is 19.9. The Morgan fingerprint density at radius 1 is 1.15 bits per heavy atom. The van der Waals surface area contributed by atoms with Crippen molar-refractivity contribution in [2.24, 2.45) is 11.8 Å². The number of ether oxygens (including phenoxy) is 1. The molecule has 3 aliphatic rings. The van der Waals surface area contributed by atoms with Crippen LogP contribution in [0.2, 0.25) is 0 Å². The summed E-state index contributed by atoms with van der Waals surface area (Å²) in [5.74, 6) is -3.42. The Morgan fingerprint density at radius 2 is 1.82 bits per heavy atom. The Hall–Kier alpha value is -2.74. The number of hydrogen-bond donors (Lipinski definition) is 2. The Labute approximate surface area is 193 Å². The fourth-order valence-corrected chi connectivity index (χ4v) is 5.21. The highest BCUT2D eigenvalue weighted by atomic mass is 19.1. The van der Waals surface area contributed by atoms with Gasteiger partial charge in [0.25, 0.3) is 0 Å². The van der Waals surface area contributed by atoms with Crippen LogP contribution in [0, 0.1) is 17.7 Å². The van der Waals surface area contributed by atoms with Gasteiger partial charge >= 0.3 is 0 Å². The van der Waals surface area contributed by atoms with Gasteiger partial charge in [0.2, 0.25) is 17.7 Å². The number of anilines is 1. The molecule has 3 amide bonds. The minimum atomic E-state index is -1.25. The van der Waals surface area contributed by atoms with E-state index >= 15 is 0 Å². The van der Waals surface area contributed by atoms with E-state index in [0.717, 1.165) is 0 Å². The molecule has 2 saturated heterocycles. The molecule has 4 rings (SSSR count). The van der Waals surface area contributed by atoms with E-state index in [4.69, 9.17) is 4.74 Å². The van der Waals surface area contributed by atoms with Crippen LogP contribution in [-0.2, 0) is 19.1 Å². The van der Waals surface area contributed by atoms with Crippen LogP contribution in [0.3, 0.4) is 0 Å². The van der Waals surface area contributed by atoms with Gasteiger partial charge in [0, 0.05) is 11.1 Å². The lowest BCUT2D eigenvalue weighted by atomic mass is 9.74. The first kappa shape index (κ1) is 23.4.